The highest BCUT2D eigenvalue weighted by Crippen LogP contribution is 2.29. The molecule has 1 aromatic carbocycles. The normalized spacial score (nSPS) is 11.5. The van der Waals surface area contributed by atoms with Gasteiger partial charge in [-0.2, -0.15) is 5.26 Å². The summed E-state index contributed by atoms with van der Waals surface area (Å²) in [6, 6.07) is 8.61. The maximum atomic E-state index is 12.8. The Labute approximate surface area is 144 Å². The molecular weight excluding hydrogens is 324 g/mol. The molecule has 0 bridgehead atoms. The Morgan fingerprint density at radius 2 is 1.92 bits per heavy atom. The second-order valence-electron chi connectivity index (χ2n) is 5.45. The molecule has 1 atom stereocenters. The third-order valence-electron chi connectivity index (χ3n) is 3.91. The van der Waals surface area contributed by atoms with Crippen LogP contribution in [0.15, 0.2) is 29.1 Å². The number of hydrogen-bond donors (Lipinski definition) is 1. The first-order valence-corrected chi connectivity index (χ1v) is 7.50. The first-order chi connectivity index (χ1) is 11.8. The Hall–Kier alpha value is -3.27. The second kappa shape index (κ2) is 7.09. The smallest absolute Gasteiger partial charge is 0.271 e. The van der Waals surface area contributed by atoms with E-state index in [0.717, 1.165) is 4.57 Å². The summed E-state index contributed by atoms with van der Waals surface area (Å²) >= 11 is 0. The number of pyridine rings is 1. The predicted molar refractivity (Wildman–Crippen MR) is 90.2 cm³/mol. The van der Waals surface area contributed by atoms with Gasteiger partial charge in [-0.15, -0.1) is 0 Å². The fourth-order valence-electron chi connectivity index (χ4n) is 2.47. The van der Waals surface area contributed by atoms with Gasteiger partial charge in [-0.1, -0.05) is 12.1 Å². The van der Waals surface area contributed by atoms with E-state index >= 15 is 0 Å². The van der Waals surface area contributed by atoms with Gasteiger partial charge in [0, 0.05) is 7.05 Å². The number of carbonyl (C=O) groups is 1. The van der Waals surface area contributed by atoms with E-state index in [1.54, 1.807) is 30.3 Å². The van der Waals surface area contributed by atoms with Crippen LogP contribution in [-0.2, 0) is 7.05 Å². The summed E-state index contributed by atoms with van der Waals surface area (Å²) in [5.74, 6) is -0.218. The van der Waals surface area contributed by atoms with Crippen LogP contribution in [0.1, 0.15) is 28.4 Å². The molecule has 25 heavy (non-hydrogen) atoms. The number of benzene rings is 1. The highest BCUT2D eigenvalue weighted by atomic mass is 16.5. The summed E-state index contributed by atoms with van der Waals surface area (Å²) in [4.78, 5) is 24.8. The lowest BCUT2D eigenvalue weighted by Crippen LogP contribution is -2.29. The number of aromatic hydroxyl groups is 1. The van der Waals surface area contributed by atoms with Gasteiger partial charge in [0.05, 0.1) is 12.7 Å². The fraction of sp³-hybridized carbons (Fsp3) is 0.278. The quantitative estimate of drug-likeness (QED) is 0.833. The van der Waals surface area contributed by atoms with Crippen molar-refractivity contribution in [3.63, 3.8) is 0 Å². The van der Waals surface area contributed by atoms with Gasteiger partial charge in [0.15, 0.2) is 17.6 Å². The fourth-order valence-corrected chi connectivity index (χ4v) is 2.47. The van der Waals surface area contributed by atoms with Gasteiger partial charge in [0.25, 0.3) is 5.56 Å². The monoisotopic (exact) mass is 342 g/mol. The number of para-hydroxylation sites is 2. The van der Waals surface area contributed by atoms with Crippen LogP contribution in [0.25, 0.3) is 0 Å². The molecule has 0 amide bonds. The first-order valence-electron chi connectivity index (χ1n) is 7.50. The van der Waals surface area contributed by atoms with E-state index in [9.17, 15) is 14.7 Å². The number of carbonyl (C=O) groups excluding carboxylic acids is 1. The van der Waals surface area contributed by atoms with Crippen molar-refractivity contribution < 1.29 is 19.4 Å². The van der Waals surface area contributed by atoms with Crippen LogP contribution in [0.2, 0.25) is 0 Å². The molecule has 130 valence electrons. The zero-order valence-electron chi connectivity index (χ0n) is 14.4. The van der Waals surface area contributed by atoms with Crippen LogP contribution in [0.5, 0.6) is 17.4 Å². The number of methoxy groups -OCH3 is 1. The third kappa shape index (κ3) is 3.19. The van der Waals surface area contributed by atoms with Crippen LogP contribution in [0.4, 0.5) is 0 Å². The van der Waals surface area contributed by atoms with Gasteiger partial charge in [-0.25, -0.2) is 0 Å². The molecule has 7 heteroatoms. The topological polar surface area (TPSA) is 102 Å². The van der Waals surface area contributed by atoms with Crippen LogP contribution < -0.4 is 15.0 Å². The number of nitriles is 1. The van der Waals surface area contributed by atoms with Gasteiger partial charge in [-0.3, -0.25) is 14.2 Å². The molecule has 0 spiro atoms. The van der Waals surface area contributed by atoms with Gasteiger partial charge in [-0.05, 0) is 31.5 Å². The van der Waals surface area contributed by atoms with Crippen molar-refractivity contribution in [3.8, 4) is 23.4 Å². The minimum Gasteiger partial charge on any atom is -0.494 e. The van der Waals surface area contributed by atoms with Crippen molar-refractivity contribution in [1.29, 1.82) is 5.26 Å². The molecule has 0 radical (unpaired) electrons. The predicted octanol–water partition coefficient (Wildman–Crippen LogP) is 1.93. The molecule has 1 aromatic heterocycles. The van der Waals surface area contributed by atoms with E-state index < -0.39 is 23.3 Å². The van der Waals surface area contributed by atoms with Crippen molar-refractivity contribution in [2.24, 2.45) is 7.05 Å². The number of aromatic nitrogens is 1. The largest absolute Gasteiger partial charge is 0.494 e. The van der Waals surface area contributed by atoms with E-state index in [4.69, 9.17) is 14.7 Å². The highest BCUT2D eigenvalue weighted by molar-refractivity contribution is 6.03. The summed E-state index contributed by atoms with van der Waals surface area (Å²) in [6.07, 6.45) is -0.968. The van der Waals surface area contributed by atoms with Crippen molar-refractivity contribution in [3.05, 3.63) is 51.3 Å². The van der Waals surface area contributed by atoms with E-state index in [0.29, 0.717) is 11.5 Å². The summed E-state index contributed by atoms with van der Waals surface area (Å²) in [5.41, 5.74) is -0.829. The van der Waals surface area contributed by atoms with Crippen molar-refractivity contribution in [2.75, 3.05) is 7.11 Å². The molecule has 0 aliphatic rings. The lowest BCUT2D eigenvalue weighted by Gasteiger charge is -2.18. The summed E-state index contributed by atoms with van der Waals surface area (Å²) in [5, 5.41) is 19.4. The Morgan fingerprint density at radius 1 is 1.32 bits per heavy atom. The summed E-state index contributed by atoms with van der Waals surface area (Å²) < 4.78 is 11.7. The standard InChI is InChI=1S/C18H18N2O5/c1-10-12(9-19)17(22)20(3)18(23)15(10)16(21)11(2)25-14-8-6-5-7-13(14)24-4/h5-8,11,23H,1-4H3. The number of nitrogens with zero attached hydrogens (tertiary/aromatic N) is 2. The Bertz CT molecular complexity index is 924. The number of ketones is 1. The van der Waals surface area contributed by atoms with E-state index in [1.807, 2.05) is 0 Å². The van der Waals surface area contributed by atoms with Gasteiger partial charge in [0.1, 0.15) is 11.6 Å². The number of ether oxygens (including phenoxy) is 2. The van der Waals surface area contributed by atoms with E-state index in [2.05, 4.69) is 0 Å². The maximum absolute atomic E-state index is 12.8. The SMILES string of the molecule is COc1ccccc1OC(C)C(=O)c1c(C)c(C#N)c(=O)n(C)c1O. The van der Waals surface area contributed by atoms with E-state index in [-0.39, 0.29) is 16.7 Å². The molecule has 2 rings (SSSR count). The first kappa shape index (κ1) is 18.1. The van der Waals surface area contributed by atoms with Crippen LogP contribution in [0, 0.1) is 18.3 Å². The molecule has 0 saturated heterocycles. The summed E-state index contributed by atoms with van der Waals surface area (Å²) in [7, 11) is 2.78. The second-order valence-corrected chi connectivity index (χ2v) is 5.45. The summed E-state index contributed by atoms with van der Waals surface area (Å²) in [6.45, 7) is 2.97. The molecule has 2 aromatic rings. The lowest BCUT2D eigenvalue weighted by atomic mass is 9.99. The zero-order valence-corrected chi connectivity index (χ0v) is 14.4. The molecule has 0 aliphatic carbocycles. The molecule has 7 nitrogen and oxygen atoms in total. The average molecular weight is 342 g/mol. The molecule has 1 heterocycles. The minimum atomic E-state index is -0.968. The zero-order chi connectivity index (χ0) is 18.7. The van der Waals surface area contributed by atoms with Crippen LogP contribution in [0.3, 0.4) is 0 Å². The molecule has 1 N–H and O–H groups in total. The molecule has 0 fully saturated rings. The third-order valence-corrected chi connectivity index (χ3v) is 3.91. The highest BCUT2D eigenvalue weighted by Gasteiger charge is 2.27. The Kier molecular flexibility index (Phi) is 5.13. The number of rotatable bonds is 5. The molecule has 1 unspecified atom stereocenters. The minimum absolute atomic E-state index is 0.110. The number of Topliss-reactive ketones (excluding diaryl/α,β-unsaturated/α-hetero) is 1. The van der Waals surface area contributed by atoms with Crippen LogP contribution in [-0.4, -0.2) is 28.7 Å². The Morgan fingerprint density at radius 3 is 2.48 bits per heavy atom. The lowest BCUT2D eigenvalue weighted by molar-refractivity contribution is 0.0808. The van der Waals surface area contributed by atoms with Gasteiger partial charge < -0.3 is 14.6 Å². The number of hydrogen-bond acceptors (Lipinski definition) is 6. The molecule has 0 aliphatic heterocycles. The average Bonchev–Trinajstić information content (AvgIpc) is 2.60. The van der Waals surface area contributed by atoms with Gasteiger partial charge >= 0.3 is 0 Å². The van der Waals surface area contributed by atoms with E-state index in [1.165, 1.54) is 28.0 Å². The van der Waals surface area contributed by atoms with Crippen LogP contribution >= 0.6 is 0 Å². The van der Waals surface area contributed by atoms with Gasteiger partial charge in [0.2, 0.25) is 11.7 Å². The van der Waals surface area contributed by atoms with Crippen molar-refractivity contribution in [1.82, 2.24) is 4.57 Å². The maximum Gasteiger partial charge on any atom is 0.271 e. The Balaban J connectivity index is 2.46. The molecule has 0 saturated carbocycles. The molecular formula is C18H18N2O5. The van der Waals surface area contributed by atoms with Crippen molar-refractivity contribution >= 4 is 5.78 Å². The van der Waals surface area contributed by atoms with Crippen molar-refractivity contribution in [2.45, 2.75) is 20.0 Å².